The average Bonchev–Trinajstić information content (AvgIpc) is 2.99. The van der Waals surface area contributed by atoms with Crippen LogP contribution >= 0.6 is 0 Å². The molecule has 0 aliphatic heterocycles. The number of Topliss-reactive ketones (excluding diaryl/α,β-unsaturated/α-hetero) is 2. The van der Waals surface area contributed by atoms with Crippen LogP contribution in [0.2, 0.25) is 0 Å². The van der Waals surface area contributed by atoms with E-state index in [1.165, 1.54) is 12.0 Å². The molecule has 1 saturated carbocycles. The quantitative estimate of drug-likeness (QED) is 0.179. The number of benzene rings is 2. The van der Waals surface area contributed by atoms with Crippen molar-refractivity contribution in [1.82, 2.24) is 10.2 Å². The molecule has 2 aromatic carbocycles. The Hall–Kier alpha value is -4.72. The number of aliphatic hydroxyl groups excluding tert-OH is 2. The molecule has 0 saturated heterocycles. The van der Waals surface area contributed by atoms with Gasteiger partial charge in [0.1, 0.15) is 22.8 Å². The van der Waals surface area contributed by atoms with Gasteiger partial charge in [-0.15, -0.1) is 0 Å². The number of anilines is 1. The van der Waals surface area contributed by atoms with Crippen molar-refractivity contribution >= 4 is 34.9 Å². The minimum atomic E-state index is -2.70. The maximum absolute atomic E-state index is 14.1. The predicted molar refractivity (Wildman–Crippen MR) is 167 cm³/mol. The van der Waals surface area contributed by atoms with Gasteiger partial charge in [0, 0.05) is 49.9 Å². The molecular formula is C33H38N4O9. The van der Waals surface area contributed by atoms with Crippen molar-refractivity contribution in [1.29, 1.82) is 0 Å². The van der Waals surface area contributed by atoms with E-state index in [0.29, 0.717) is 28.9 Å². The first-order valence-electron chi connectivity index (χ1n) is 14.7. The molecule has 1 fully saturated rings. The molecule has 0 bridgehead atoms. The van der Waals surface area contributed by atoms with Gasteiger partial charge in [0.15, 0.2) is 11.4 Å². The Morgan fingerprint density at radius 1 is 1.07 bits per heavy atom. The Morgan fingerprint density at radius 2 is 1.72 bits per heavy atom. The maximum atomic E-state index is 14.1. The number of primary amides is 1. The molecule has 3 aliphatic carbocycles. The lowest BCUT2D eigenvalue weighted by Crippen LogP contribution is -2.65. The fourth-order valence-corrected chi connectivity index (χ4v) is 7.10. The minimum Gasteiger partial charge on any atom is -0.508 e. The van der Waals surface area contributed by atoms with Crippen molar-refractivity contribution in [2.75, 3.05) is 40.2 Å². The fourth-order valence-electron chi connectivity index (χ4n) is 7.10. The Morgan fingerprint density at radius 3 is 2.28 bits per heavy atom. The van der Waals surface area contributed by atoms with Gasteiger partial charge >= 0.3 is 5.97 Å². The Kier molecular flexibility index (Phi) is 8.45. The fraction of sp³-hybridized carbons (Fsp3) is 0.394. The highest BCUT2D eigenvalue weighted by molar-refractivity contribution is 6.24. The molecule has 46 heavy (non-hydrogen) atoms. The van der Waals surface area contributed by atoms with E-state index in [0.717, 1.165) is 5.56 Å². The number of carbonyl (C=O) groups is 4. The second-order valence-corrected chi connectivity index (χ2v) is 12.4. The van der Waals surface area contributed by atoms with Gasteiger partial charge in [0.05, 0.1) is 24.3 Å². The third-order valence-electron chi connectivity index (χ3n) is 9.28. The second-order valence-electron chi connectivity index (χ2n) is 12.4. The summed E-state index contributed by atoms with van der Waals surface area (Å²) in [4.78, 5) is 54.7. The van der Waals surface area contributed by atoms with Crippen molar-refractivity contribution in [3.63, 3.8) is 0 Å². The molecule has 0 spiro atoms. The normalized spacial score (nSPS) is 24.0. The summed E-state index contributed by atoms with van der Waals surface area (Å²) in [6.45, 7) is 0.555. The summed E-state index contributed by atoms with van der Waals surface area (Å²) in [5.74, 6) is -7.33. The zero-order chi connectivity index (χ0) is 33.8. The first-order chi connectivity index (χ1) is 21.6. The van der Waals surface area contributed by atoms with E-state index < -0.39 is 64.0 Å². The number of methoxy groups -OCH3 is 1. The monoisotopic (exact) mass is 634 g/mol. The highest BCUT2D eigenvalue weighted by atomic mass is 16.5. The van der Waals surface area contributed by atoms with Crippen LogP contribution in [-0.4, -0.2) is 95.7 Å². The molecule has 2 aromatic rings. The van der Waals surface area contributed by atoms with Crippen molar-refractivity contribution in [3.8, 4) is 5.75 Å². The van der Waals surface area contributed by atoms with Crippen LogP contribution in [0.15, 0.2) is 47.2 Å². The zero-order valence-electron chi connectivity index (χ0n) is 26.2. The third-order valence-corrected chi connectivity index (χ3v) is 9.28. The van der Waals surface area contributed by atoms with Crippen molar-refractivity contribution in [3.05, 3.63) is 75.1 Å². The van der Waals surface area contributed by atoms with Gasteiger partial charge in [-0.3, -0.25) is 19.3 Å². The molecule has 0 unspecified atom stereocenters. The van der Waals surface area contributed by atoms with Gasteiger partial charge in [0.25, 0.3) is 5.91 Å². The SMILES string of the molecule is COC(=O)c1ccc(CNCc2cc(N(C)C)c3c(c2O)C(O)=C2C(=O)[C@]4(O)C(O)=C(C(N)=O)C(=O)[C@H](N(C)C)[C@@H]4C[C@@H]2C3)cc1. The standard InChI is InChI=1S/C33H38N4O9/c1-36(2)21-12-18(14-35-13-15-6-8-16(9-7-15)32(44)46-5)26(38)23-19(21)10-17-11-20-25(37(3)4)28(40)24(31(34)43)30(42)33(20,45)29(41)22(17)27(23)39/h6-9,12,17,20,25,35,38-39,42,45H,10-11,13-14H2,1-5H3,(H2,34,43)/t17-,20-,25+,33-/m0/s1. The molecule has 7 N–H and O–H groups in total. The van der Waals surface area contributed by atoms with E-state index in [-0.39, 0.29) is 36.3 Å². The van der Waals surface area contributed by atoms with Crippen LogP contribution in [0.25, 0.3) is 5.76 Å². The Bertz CT molecular complexity index is 1710. The smallest absolute Gasteiger partial charge is 0.337 e. The van der Waals surface area contributed by atoms with Gasteiger partial charge in [-0.05, 0) is 62.2 Å². The van der Waals surface area contributed by atoms with Gasteiger partial charge in [-0.1, -0.05) is 12.1 Å². The van der Waals surface area contributed by atoms with Crippen LogP contribution in [0.5, 0.6) is 5.75 Å². The Balaban J connectivity index is 1.55. The lowest BCUT2D eigenvalue weighted by atomic mass is 9.57. The molecule has 13 heteroatoms. The van der Waals surface area contributed by atoms with Crippen LogP contribution in [0.3, 0.4) is 0 Å². The largest absolute Gasteiger partial charge is 0.508 e. The summed E-state index contributed by atoms with van der Waals surface area (Å²) >= 11 is 0. The average molecular weight is 635 g/mol. The topological polar surface area (TPSA) is 203 Å². The number of esters is 1. The number of phenolic OH excluding ortho intramolecular Hbond substituents is 1. The maximum Gasteiger partial charge on any atom is 0.337 e. The number of hydrogen-bond acceptors (Lipinski definition) is 12. The Labute approximate surface area is 265 Å². The number of likely N-dealkylation sites (N-methyl/N-ethyl adjacent to an activating group) is 1. The van der Waals surface area contributed by atoms with Crippen LogP contribution in [0, 0.1) is 11.8 Å². The molecule has 5 rings (SSSR count). The molecular weight excluding hydrogens is 596 g/mol. The van der Waals surface area contributed by atoms with Gasteiger partial charge in [-0.25, -0.2) is 4.79 Å². The summed E-state index contributed by atoms with van der Waals surface area (Å²) < 4.78 is 4.73. The highest BCUT2D eigenvalue weighted by Crippen LogP contribution is 2.54. The van der Waals surface area contributed by atoms with E-state index in [2.05, 4.69) is 5.32 Å². The van der Waals surface area contributed by atoms with E-state index in [4.69, 9.17) is 10.5 Å². The van der Waals surface area contributed by atoms with Crippen molar-refractivity contribution in [2.24, 2.45) is 17.6 Å². The number of phenols is 1. The summed E-state index contributed by atoms with van der Waals surface area (Å²) in [6.07, 6.45) is 0.202. The van der Waals surface area contributed by atoms with Crippen LogP contribution in [-0.2, 0) is 38.6 Å². The van der Waals surface area contributed by atoms with Gasteiger partial charge in [0.2, 0.25) is 5.78 Å². The number of aliphatic hydroxyl groups is 3. The molecule has 0 heterocycles. The van der Waals surface area contributed by atoms with Crippen molar-refractivity contribution in [2.45, 2.75) is 37.6 Å². The number of nitrogens with zero attached hydrogens (tertiary/aromatic N) is 2. The number of ketones is 2. The molecule has 0 radical (unpaired) electrons. The molecule has 3 aliphatic rings. The first kappa shape index (κ1) is 32.7. The van der Waals surface area contributed by atoms with Crippen LogP contribution in [0.4, 0.5) is 5.69 Å². The number of amides is 1. The number of aromatic hydroxyl groups is 1. The summed E-state index contributed by atoms with van der Waals surface area (Å²) in [7, 11) is 8.04. The number of ether oxygens (including phenoxy) is 1. The molecule has 13 nitrogen and oxygen atoms in total. The second kappa shape index (κ2) is 11.9. The third kappa shape index (κ3) is 5.00. The van der Waals surface area contributed by atoms with Crippen LogP contribution < -0.4 is 16.0 Å². The van der Waals surface area contributed by atoms with Crippen molar-refractivity contribution < 1.29 is 44.3 Å². The zero-order valence-corrected chi connectivity index (χ0v) is 26.2. The number of hydrogen-bond donors (Lipinski definition) is 6. The van der Waals surface area contributed by atoms with Gasteiger partial charge < -0.3 is 41.1 Å². The van der Waals surface area contributed by atoms with E-state index in [1.54, 1.807) is 44.4 Å². The molecule has 244 valence electrons. The molecule has 1 amide bonds. The first-order valence-corrected chi connectivity index (χ1v) is 14.7. The van der Waals surface area contributed by atoms with E-state index >= 15 is 0 Å². The highest BCUT2D eigenvalue weighted by Gasteiger charge is 2.64. The summed E-state index contributed by atoms with van der Waals surface area (Å²) in [6, 6.07) is 7.48. The van der Waals surface area contributed by atoms with E-state index in [1.807, 2.05) is 19.0 Å². The van der Waals surface area contributed by atoms with E-state index in [9.17, 15) is 39.6 Å². The molecule has 0 aromatic heterocycles. The number of nitrogens with two attached hydrogens (primary N) is 1. The van der Waals surface area contributed by atoms with Crippen LogP contribution in [0.1, 0.15) is 39.0 Å². The summed E-state index contributed by atoms with van der Waals surface area (Å²) in [5.41, 5.74) is 4.64. The lowest BCUT2D eigenvalue weighted by Gasteiger charge is -2.50. The summed E-state index contributed by atoms with van der Waals surface area (Å²) in [5, 5.41) is 49.3. The minimum absolute atomic E-state index is 0.0114. The predicted octanol–water partition coefficient (Wildman–Crippen LogP) is 1.11. The number of carbonyl (C=O) groups excluding carboxylic acids is 4. The number of fused-ring (bicyclic) bond motifs is 3. The number of rotatable bonds is 8. The lowest BCUT2D eigenvalue weighted by molar-refractivity contribution is -0.153. The van der Waals surface area contributed by atoms with Gasteiger partial charge in [-0.2, -0.15) is 0 Å². The molecule has 4 atom stereocenters. The number of nitrogens with one attached hydrogen (secondary N) is 1.